The van der Waals surface area contributed by atoms with Crippen LogP contribution in [0.5, 0.6) is 5.75 Å². The molecule has 0 radical (unpaired) electrons. The molecule has 1 aliphatic carbocycles. The van der Waals surface area contributed by atoms with Crippen LogP contribution in [0.2, 0.25) is 0 Å². The zero-order valence-corrected chi connectivity index (χ0v) is 15.3. The minimum atomic E-state index is -0.982. The molecule has 0 unspecified atom stereocenters. The highest BCUT2D eigenvalue weighted by molar-refractivity contribution is 14.1. The van der Waals surface area contributed by atoms with Crippen molar-refractivity contribution in [2.75, 3.05) is 13.7 Å². The van der Waals surface area contributed by atoms with Gasteiger partial charge in [0, 0.05) is 22.5 Å². The summed E-state index contributed by atoms with van der Waals surface area (Å²) in [6.07, 6.45) is 0.377. The van der Waals surface area contributed by atoms with E-state index < -0.39 is 5.60 Å². The Morgan fingerprint density at radius 3 is 2.55 bits per heavy atom. The quantitative estimate of drug-likeness (QED) is 0.698. The molecule has 0 fully saturated rings. The number of aliphatic hydroxyl groups excluding tert-OH is 1. The third kappa shape index (κ3) is 3.48. The molecular weight excluding hydrogens is 395 g/mol. The first-order valence-electron chi connectivity index (χ1n) is 7.37. The van der Waals surface area contributed by atoms with Gasteiger partial charge in [-0.3, -0.25) is 0 Å². The fraction of sp³-hybridized carbons (Fsp3) is 0.529. The molecular formula is C17H23IO4. The molecule has 3 atom stereocenters. The van der Waals surface area contributed by atoms with Crippen molar-refractivity contribution in [3.05, 3.63) is 39.0 Å². The van der Waals surface area contributed by atoms with Crippen LogP contribution in [0.4, 0.5) is 0 Å². The van der Waals surface area contributed by atoms with Crippen LogP contribution in [-0.4, -0.2) is 35.6 Å². The van der Waals surface area contributed by atoms with E-state index in [1.54, 1.807) is 7.11 Å². The van der Waals surface area contributed by atoms with Gasteiger partial charge >= 0.3 is 0 Å². The minimum absolute atomic E-state index is 0.0402. The molecule has 4 nitrogen and oxygen atoms in total. The fourth-order valence-electron chi connectivity index (χ4n) is 2.68. The molecule has 0 aliphatic heterocycles. The molecule has 122 valence electrons. The Morgan fingerprint density at radius 2 is 2.00 bits per heavy atom. The van der Waals surface area contributed by atoms with Crippen LogP contribution < -0.4 is 4.74 Å². The number of methoxy groups -OCH3 is 1. The molecule has 2 rings (SSSR count). The normalized spacial score (nSPS) is 26.4. The van der Waals surface area contributed by atoms with Gasteiger partial charge in [0.25, 0.3) is 0 Å². The van der Waals surface area contributed by atoms with E-state index in [4.69, 9.17) is 9.47 Å². The van der Waals surface area contributed by atoms with E-state index in [0.717, 1.165) is 20.5 Å². The van der Waals surface area contributed by atoms with Crippen molar-refractivity contribution < 1.29 is 19.7 Å². The van der Waals surface area contributed by atoms with Gasteiger partial charge in [-0.15, -0.1) is 0 Å². The molecule has 1 aromatic carbocycles. The Balaban J connectivity index is 2.02. The SMILES string of the molecule is COc1ccc(CO[C@H]2C[C@](O)([C@H](C)CO)C(I)=C2C)cc1. The van der Waals surface area contributed by atoms with E-state index in [9.17, 15) is 10.2 Å². The summed E-state index contributed by atoms with van der Waals surface area (Å²) in [4.78, 5) is 0. The van der Waals surface area contributed by atoms with Crippen LogP contribution in [0.15, 0.2) is 33.4 Å². The second-order valence-electron chi connectivity index (χ2n) is 5.86. The number of hydrogen-bond donors (Lipinski definition) is 2. The van der Waals surface area contributed by atoms with Crippen molar-refractivity contribution in [2.24, 2.45) is 5.92 Å². The lowest BCUT2D eigenvalue weighted by Gasteiger charge is -2.30. The molecule has 0 bridgehead atoms. The van der Waals surface area contributed by atoms with Crippen LogP contribution in [0, 0.1) is 5.92 Å². The maximum Gasteiger partial charge on any atom is 0.118 e. The second-order valence-corrected chi connectivity index (χ2v) is 6.94. The van der Waals surface area contributed by atoms with Gasteiger partial charge in [0.2, 0.25) is 0 Å². The molecule has 5 heteroatoms. The number of halogens is 1. The third-order valence-electron chi connectivity index (χ3n) is 4.41. The average molecular weight is 418 g/mol. The van der Waals surface area contributed by atoms with Crippen molar-refractivity contribution in [3.63, 3.8) is 0 Å². The summed E-state index contributed by atoms with van der Waals surface area (Å²) < 4.78 is 12.0. The molecule has 22 heavy (non-hydrogen) atoms. The summed E-state index contributed by atoms with van der Waals surface area (Å²) in [6.45, 7) is 4.29. The van der Waals surface area contributed by atoms with Crippen molar-refractivity contribution in [3.8, 4) is 5.75 Å². The zero-order chi connectivity index (χ0) is 16.3. The van der Waals surface area contributed by atoms with Crippen molar-refractivity contribution >= 4 is 22.6 Å². The van der Waals surface area contributed by atoms with Crippen LogP contribution in [0.1, 0.15) is 25.8 Å². The molecule has 0 amide bonds. The largest absolute Gasteiger partial charge is 0.497 e. The molecule has 0 saturated carbocycles. The highest BCUT2D eigenvalue weighted by Crippen LogP contribution is 2.45. The van der Waals surface area contributed by atoms with Gasteiger partial charge in [0.05, 0.1) is 19.8 Å². The smallest absolute Gasteiger partial charge is 0.118 e. The first kappa shape index (κ1) is 17.7. The van der Waals surface area contributed by atoms with Gasteiger partial charge in [-0.2, -0.15) is 0 Å². The summed E-state index contributed by atoms with van der Waals surface area (Å²) >= 11 is 2.18. The van der Waals surface area contributed by atoms with E-state index >= 15 is 0 Å². The van der Waals surface area contributed by atoms with E-state index in [2.05, 4.69) is 22.6 Å². The standard InChI is InChI=1S/C17H23IO4/c1-11(9-19)17(20)8-15(12(2)16(17)18)22-10-13-4-6-14(21-3)7-5-13/h4-7,11,15,19-20H,8-10H2,1-3H3/t11-,15+,17+/m1/s1. The average Bonchev–Trinajstić information content (AvgIpc) is 2.77. The minimum Gasteiger partial charge on any atom is -0.497 e. The number of benzene rings is 1. The molecule has 1 aliphatic rings. The highest BCUT2D eigenvalue weighted by atomic mass is 127. The molecule has 0 saturated heterocycles. The number of hydrogen-bond acceptors (Lipinski definition) is 4. The second kappa shape index (κ2) is 7.29. The number of rotatable bonds is 6. The van der Waals surface area contributed by atoms with Gasteiger partial charge in [-0.05, 0) is 52.8 Å². The fourth-order valence-corrected chi connectivity index (χ4v) is 3.78. The van der Waals surface area contributed by atoms with Gasteiger partial charge in [0.1, 0.15) is 11.4 Å². The Kier molecular flexibility index (Phi) is 5.87. The van der Waals surface area contributed by atoms with Crippen LogP contribution in [0.25, 0.3) is 0 Å². The van der Waals surface area contributed by atoms with Crippen LogP contribution in [0.3, 0.4) is 0 Å². The van der Waals surface area contributed by atoms with Gasteiger partial charge in [0.15, 0.2) is 0 Å². The van der Waals surface area contributed by atoms with Gasteiger partial charge in [-0.1, -0.05) is 19.1 Å². The molecule has 0 heterocycles. The van der Waals surface area contributed by atoms with Gasteiger partial charge in [-0.25, -0.2) is 0 Å². The Bertz CT molecular complexity index is 540. The van der Waals surface area contributed by atoms with Crippen molar-refractivity contribution in [2.45, 2.75) is 38.6 Å². The summed E-state index contributed by atoms with van der Waals surface area (Å²) in [5.41, 5.74) is 1.13. The Morgan fingerprint density at radius 1 is 1.36 bits per heavy atom. The Labute approximate surface area is 145 Å². The molecule has 2 N–H and O–H groups in total. The van der Waals surface area contributed by atoms with Crippen molar-refractivity contribution in [1.82, 2.24) is 0 Å². The third-order valence-corrected chi connectivity index (χ3v) is 6.19. The maximum atomic E-state index is 10.8. The predicted molar refractivity (Wildman–Crippen MR) is 94.1 cm³/mol. The van der Waals surface area contributed by atoms with Crippen LogP contribution >= 0.6 is 22.6 Å². The summed E-state index contributed by atoms with van der Waals surface area (Å²) in [7, 11) is 1.64. The van der Waals surface area contributed by atoms with E-state index in [0.29, 0.717) is 13.0 Å². The zero-order valence-electron chi connectivity index (χ0n) is 13.2. The number of ether oxygens (including phenoxy) is 2. The molecule has 1 aromatic rings. The van der Waals surface area contributed by atoms with E-state index in [1.165, 1.54) is 0 Å². The van der Waals surface area contributed by atoms with E-state index in [1.807, 2.05) is 38.1 Å². The lowest BCUT2D eigenvalue weighted by Crippen LogP contribution is -2.38. The summed E-state index contributed by atoms with van der Waals surface area (Å²) in [5, 5.41) is 20.2. The van der Waals surface area contributed by atoms with E-state index in [-0.39, 0.29) is 18.6 Å². The topological polar surface area (TPSA) is 58.9 Å². The number of aliphatic hydroxyl groups is 2. The predicted octanol–water partition coefficient (Wildman–Crippen LogP) is 3.05. The van der Waals surface area contributed by atoms with Crippen molar-refractivity contribution in [1.29, 1.82) is 0 Å². The lowest BCUT2D eigenvalue weighted by atomic mass is 9.88. The molecule has 0 aromatic heterocycles. The van der Waals surface area contributed by atoms with Crippen LogP contribution in [-0.2, 0) is 11.3 Å². The summed E-state index contributed by atoms with van der Waals surface area (Å²) in [6, 6.07) is 7.76. The highest BCUT2D eigenvalue weighted by Gasteiger charge is 2.46. The van der Waals surface area contributed by atoms with Gasteiger partial charge < -0.3 is 19.7 Å². The summed E-state index contributed by atoms with van der Waals surface area (Å²) in [5.74, 6) is 0.616. The Hall–Kier alpha value is -0.630. The lowest BCUT2D eigenvalue weighted by molar-refractivity contribution is -0.0294. The maximum absolute atomic E-state index is 10.8. The molecule has 0 spiro atoms. The first-order valence-corrected chi connectivity index (χ1v) is 8.44. The first-order chi connectivity index (χ1) is 10.4. The monoisotopic (exact) mass is 418 g/mol.